The molecule has 0 bridgehead atoms. The number of hydrogen-bond donors (Lipinski definition) is 2. The summed E-state index contributed by atoms with van der Waals surface area (Å²) in [5.41, 5.74) is 2.05. The first-order valence-electron chi connectivity index (χ1n) is 6.41. The topological polar surface area (TPSA) is 98.9 Å². The number of thiazole rings is 1. The van der Waals surface area contributed by atoms with Crippen LogP contribution in [0.2, 0.25) is 0 Å². The van der Waals surface area contributed by atoms with Gasteiger partial charge in [0, 0.05) is 36.5 Å². The summed E-state index contributed by atoms with van der Waals surface area (Å²) in [5.74, 6) is -0.201. The Morgan fingerprint density at radius 3 is 2.81 bits per heavy atom. The molecule has 0 aliphatic carbocycles. The Morgan fingerprint density at radius 2 is 2.14 bits per heavy atom. The quantitative estimate of drug-likeness (QED) is 0.816. The van der Waals surface area contributed by atoms with Crippen molar-refractivity contribution in [2.45, 2.75) is 19.8 Å². The summed E-state index contributed by atoms with van der Waals surface area (Å²) in [7, 11) is 1.68. The molecule has 0 atom stereocenters. The van der Waals surface area contributed by atoms with E-state index in [9.17, 15) is 14.4 Å². The van der Waals surface area contributed by atoms with Gasteiger partial charge in [-0.3, -0.25) is 24.6 Å². The van der Waals surface area contributed by atoms with Gasteiger partial charge in [0.25, 0.3) is 11.1 Å². The van der Waals surface area contributed by atoms with Crippen molar-refractivity contribution in [1.82, 2.24) is 20.1 Å². The molecule has 2 aromatic heterocycles. The van der Waals surface area contributed by atoms with Gasteiger partial charge >= 0.3 is 0 Å². The van der Waals surface area contributed by atoms with Crippen molar-refractivity contribution >= 4 is 17.2 Å². The van der Waals surface area contributed by atoms with Crippen LogP contribution in [0.5, 0.6) is 0 Å². The monoisotopic (exact) mass is 308 g/mol. The smallest absolute Gasteiger partial charge is 0.266 e. The van der Waals surface area contributed by atoms with Crippen molar-refractivity contribution in [3.8, 4) is 0 Å². The molecule has 0 radical (unpaired) electrons. The van der Waals surface area contributed by atoms with E-state index in [4.69, 9.17) is 0 Å². The van der Waals surface area contributed by atoms with Crippen LogP contribution in [0.4, 0.5) is 0 Å². The molecule has 0 aromatic carbocycles. The summed E-state index contributed by atoms with van der Waals surface area (Å²) in [6.07, 6.45) is 0.641. The van der Waals surface area contributed by atoms with Crippen molar-refractivity contribution < 1.29 is 4.79 Å². The molecule has 2 N–H and O–H groups in total. The zero-order chi connectivity index (χ0) is 15.4. The first-order chi connectivity index (χ1) is 9.97. The molecule has 0 saturated carbocycles. The molecule has 1 amide bonds. The van der Waals surface area contributed by atoms with Gasteiger partial charge in [0.2, 0.25) is 5.91 Å². The van der Waals surface area contributed by atoms with Crippen LogP contribution in [0, 0.1) is 6.92 Å². The van der Waals surface area contributed by atoms with E-state index in [1.165, 1.54) is 0 Å². The third kappa shape index (κ3) is 3.88. The number of H-pyrrole nitrogens is 2. The third-order valence-electron chi connectivity index (χ3n) is 3.18. The zero-order valence-corrected chi connectivity index (χ0v) is 12.6. The molecule has 2 aromatic rings. The van der Waals surface area contributed by atoms with Crippen LogP contribution in [-0.4, -0.2) is 39.6 Å². The van der Waals surface area contributed by atoms with Gasteiger partial charge in [0.05, 0.1) is 17.6 Å². The van der Waals surface area contributed by atoms with E-state index in [-0.39, 0.29) is 17.9 Å². The summed E-state index contributed by atoms with van der Waals surface area (Å²) in [6.45, 7) is 2.48. The second-order valence-corrected chi connectivity index (χ2v) is 5.66. The Hall–Kier alpha value is -2.22. The summed E-state index contributed by atoms with van der Waals surface area (Å²) >= 11 is 1.56. The summed E-state index contributed by atoms with van der Waals surface area (Å²) in [6, 6.07) is 1.15. The number of aromatic nitrogens is 3. The van der Waals surface area contributed by atoms with E-state index in [1.807, 2.05) is 6.92 Å². The number of carbonyl (C=O) groups is 1. The van der Waals surface area contributed by atoms with Crippen LogP contribution >= 0.6 is 11.3 Å². The highest BCUT2D eigenvalue weighted by atomic mass is 32.1. The fourth-order valence-electron chi connectivity index (χ4n) is 1.85. The Labute approximate surface area is 124 Å². The average molecular weight is 308 g/mol. The van der Waals surface area contributed by atoms with Crippen LogP contribution in [0.25, 0.3) is 0 Å². The van der Waals surface area contributed by atoms with Crippen LogP contribution in [0.15, 0.2) is 21.2 Å². The van der Waals surface area contributed by atoms with Crippen LogP contribution in [0.3, 0.4) is 0 Å². The normalized spacial score (nSPS) is 10.6. The van der Waals surface area contributed by atoms with Crippen molar-refractivity contribution in [2.24, 2.45) is 0 Å². The first kappa shape index (κ1) is 15.2. The predicted molar refractivity (Wildman–Crippen MR) is 79.6 cm³/mol. The van der Waals surface area contributed by atoms with Crippen molar-refractivity contribution in [2.75, 3.05) is 13.6 Å². The summed E-state index contributed by atoms with van der Waals surface area (Å²) in [4.78, 5) is 41.6. The van der Waals surface area contributed by atoms with Gasteiger partial charge in [-0.05, 0) is 6.92 Å². The summed E-state index contributed by atoms with van der Waals surface area (Å²) in [5, 5.41) is 4.37. The molecule has 0 fully saturated rings. The lowest BCUT2D eigenvalue weighted by molar-refractivity contribution is -0.129. The second-order valence-electron chi connectivity index (χ2n) is 4.72. The van der Waals surface area contributed by atoms with Crippen molar-refractivity contribution in [1.29, 1.82) is 0 Å². The SMILES string of the molecule is Cc1ncsc1CCN(C)C(=O)Cc1cc(=O)[nH][nH]c1=O. The maximum atomic E-state index is 12.1. The lowest BCUT2D eigenvalue weighted by Crippen LogP contribution is -2.33. The summed E-state index contributed by atoms with van der Waals surface area (Å²) < 4.78 is 0. The number of nitrogens with zero attached hydrogens (tertiary/aromatic N) is 2. The molecule has 112 valence electrons. The molecule has 7 nitrogen and oxygen atoms in total. The van der Waals surface area contributed by atoms with E-state index < -0.39 is 11.1 Å². The van der Waals surface area contributed by atoms with E-state index in [0.29, 0.717) is 6.54 Å². The highest BCUT2D eigenvalue weighted by molar-refractivity contribution is 7.09. The molecular weight excluding hydrogens is 292 g/mol. The Balaban J connectivity index is 1.96. The van der Waals surface area contributed by atoms with Gasteiger partial charge in [-0.15, -0.1) is 11.3 Å². The molecule has 2 rings (SSSR count). The second kappa shape index (κ2) is 6.49. The highest BCUT2D eigenvalue weighted by Crippen LogP contribution is 2.13. The fourth-order valence-corrected chi connectivity index (χ4v) is 2.62. The van der Waals surface area contributed by atoms with E-state index in [2.05, 4.69) is 15.2 Å². The number of rotatable bonds is 5. The van der Waals surface area contributed by atoms with Gasteiger partial charge in [-0.2, -0.15) is 0 Å². The van der Waals surface area contributed by atoms with Gasteiger partial charge in [-0.25, -0.2) is 4.98 Å². The minimum absolute atomic E-state index is 0.0859. The maximum absolute atomic E-state index is 12.1. The molecule has 21 heavy (non-hydrogen) atoms. The van der Waals surface area contributed by atoms with E-state index >= 15 is 0 Å². The lowest BCUT2D eigenvalue weighted by Gasteiger charge is -2.16. The molecule has 0 unspecified atom stereocenters. The Morgan fingerprint density at radius 1 is 1.38 bits per heavy atom. The minimum Gasteiger partial charge on any atom is -0.345 e. The number of aryl methyl sites for hydroxylation is 1. The Bertz CT molecular complexity index is 746. The van der Waals surface area contributed by atoms with Crippen LogP contribution < -0.4 is 11.1 Å². The first-order valence-corrected chi connectivity index (χ1v) is 7.29. The molecule has 0 spiro atoms. The van der Waals surface area contributed by atoms with Gasteiger partial charge in [-0.1, -0.05) is 0 Å². The number of likely N-dealkylation sites (N-methyl/N-ethyl adjacent to an activating group) is 1. The molecule has 2 heterocycles. The van der Waals surface area contributed by atoms with Gasteiger partial charge < -0.3 is 4.90 Å². The largest absolute Gasteiger partial charge is 0.345 e. The van der Waals surface area contributed by atoms with E-state index in [0.717, 1.165) is 23.1 Å². The molecule has 0 saturated heterocycles. The number of hydrogen-bond acceptors (Lipinski definition) is 5. The Kier molecular flexibility index (Phi) is 4.69. The molecular formula is C13H16N4O3S. The standard InChI is InChI=1S/C13H16N4O3S/c1-8-10(21-7-14-8)3-4-17(2)12(19)6-9-5-11(18)15-16-13(9)20/h5,7H,3-4,6H2,1-2H3,(H,15,18)(H,16,20). The molecule has 8 heteroatoms. The number of carbonyl (C=O) groups excluding carboxylic acids is 1. The average Bonchev–Trinajstić information content (AvgIpc) is 2.85. The van der Waals surface area contributed by atoms with Gasteiger partial charge in [0.15, 0.2) is 0 Å². The maximum Gasteiger partial charge on any atom is 0.266 e. The van der Waals surface area contributed by atoms with Crippen LogP contribution in [0.1, 0.15) is 16.1 Å². The van der Waals surface area contributed by atoms with Crippen molar-refractivity contribution in [3.63, 3.8) is 0 Å². The van der Waals surface area contributed by atoms with Crippen molar-refractivity contribution in [3.05, 3.63) is 48.4 Å². The lowest BCUT2D eigenvalue weighted by atomic mass is 10.2. The number of nitrogens with one attached hydrogen (secondary N) is 2. The molecule has 0 aliphatic heterocycles. The highest BCUT2D eigenvalue weighted by Gasteiger charge is 2.13. The van der Waals surface area contributed by atoms with Crippen LogP contribution in [-0.2, 0) is 17.6 Å². The predicted octanol–water partition coefficient (Wildman–Crippen LogP) is 0.0717. The number of aromatic amines is 2. The zero-order valence-electron chi connectivity index (χ0n) is 11.8. The fraction of sp³-hybridized carbons (Fsp3) is 0.385. The third-order valence-corrected chi connectivity index (χ3v) is 4.18. The number of amides is 1. The van der Waals surface area contributed by atoms with E-state index in [1.54, 1.807) is 28.8 Å². The van der Waals surface area contributed by atoms with Gasteiger partial charge in [0.1, 0.15) is 0 Å². The molecule has 0 aliphatic rings. The minimum atomic E-state index is -0.449.